The van der Waals surface area contributed by atoms with E-state index < -0.39 is 6.04 Å². The van der Waals surface area contributed by atoms with Gasteiger partial charge in [-0.1, -0.05) is 20.8 Å². The lowest BCUT2D eigenvalue weighted by atomic mass is 9.86. The Bertz CT molecular complexity index is 290. The lowest BCUT2D eigenvalue weighted by Gasteiger charge is -2.38. The number of ether oxygens (including phenoxy) is 1. The number of rotatable bonds is 5. The van der Waals surface area contributed by atoms with E-state index in [1.54, 1.807) is 0 Å². The molecule has 0 aliphatic carbocycles. The number of carbonyl (C=O) groups is 1. The zero-order chi connectivity index (χ0) is 14.5. The van der Waals surface area contributed by atoms with Crippen molar-refractivity contribution in [3.05, 3.63) is 0 Å². The molecular weight excluding hydrogens is 313 g/mol. The van der Waals surface area contributed by atoms with Gasteiger partial charge in [-0.2, -0.15) is 0 Å². The molecule has 0 aromatic carbocycles. The second kappa shape index (κ2) is 10.6. The van der Waals surface area contributed by atoms with E-state index in [0.717, 1.165) is 45.9 Å². The minimum absolute atomic E-state index is 0. The summed E-state index contributed by atoms with van der Waals surface area (Å²) >= 11 is 0. The van der Waals surface area contributed by atoms with E-state index >= 15 is 0 Å². The van der Waals surface area contributed by atoms with E-state index in [1.807, 2.05) is 32.6 Å². The van der Waals surface area contributed by atoms with Crippen LogP contribution in [0.4, 0.5) is 0 Å². The third-order valence-corrected chi connectivity index (χ3v) is 3.64. The number of nitrogens with zero attached hydrogens (tertiary/aromatic N) is 2. The van der Waals surface area contributed by atoms with Gasteiger partial charge in [-0.25, -0.2) is 0 Å². The zero-order valence-corrected chi connectivity index (χ0v) is 15.3. The molecule has 1 amide bonds. The molecular formula is C14H31Cl2N3O2. The maximum atomic E-state index is 12.3. The summed E-state index contributed by atoms with van der Waals surface area (Å²) < 4.78 is 5.35. The van der Waals surface area contributed by atoms with Crippen molar-refractivity contribution in [2.45, 2.75) is 33.7 Å². The van der Waals surface area contributed by atoms with Gasteiger partial charge in [0, 0.05) is 39.3 Å². The number of halogens is 2. The van der Waals surface area contributed by atoms with E-state index in [0.29, 0.717) is 0 Å². The first kappa shape index (κ1) is 23.2. The molecule has 0 saturated carbocycles. The zero-order valence-electron chi connectivity index (χ0n) is 13.6. The quantitative estimate of drug-likeness (QED) is 0.766. The molecule has 1 saturated heterocycles. The average Bonchev–Trinajstić information content (AvgIpc) is 2.37. The van der Waals surface area contributed by atoms with Crippen molar-refractivity contribution in [1.82, 2.24) is 9.80 Å². The lowest BCUT2D eigenvalue weighted by molar-refractivity contribution is -0.136. The molecule has 2 N–H and O–H groups in total. The van der Waals surface area contributed by atoms with Crippen LogP contribution in [0.1, 0.15) is 27.7 Å². The summed E-state index contributed by atoms with van der Waals surface area (Å²) in [5.41, 5.74) is 5.86. The Balaban J connectivity index is 0. The van der Waals surface area contributed by atoms with Crippen molar-refractivity contribution < 1.29 is 9.53 Å². The molecule has 5 nitrogen and oxygen atoms in total. The first-order valence-corrected chi connectivity index (χ1v) is 7.20. The minimum atomic E-state index is -0.414. The molecule has 1 fully saturated rings. The standard InChI is InChI=1S/C14H29N3O2.2ClH/c1-5-19-11-10-16-6-8-17(9-7-16)13(18)12(15)14(2,3)4;;/h12H,5-11,15H2,1-4H3;2*1H/t12-;;/m1../s1. The topological polar surface area (TPSA) is 58.8 Å². The molecule has 0 bridgehead atoms. The summed E-state index contributed by atoms with van der Waals surface area (Å²) in [7, 11) is 0. The summed E-state index contributed by atoms with van der Waals surface area (Å²) in [5, 5.41) is 0. The van der Waals surface area contributed by atoms with Crippen LogP contribution in [0.25, 0.3) is 0 Å². The highest BCUT2D eigenvalue weighted by Crippen LogP contribution is 2.19. The maximum Gasteiger partial charge on any atom is 0.240 e. The van der Waals surface area contributed by atoms with Gasteiger partial charge < -0.3 is 15.4 Å². The van der Waals surface area contributed by atoms with Crippen LogP contribution < -0.4 is 5.73 Å². The first-order valence-electron chi connectivity index (χ1n) is 7.20. The minimum Gasteiger partial charge on any atom is -0.380 e. The summed E-state index contributed by atoms with van der Waals surface area (Å²) in [6.45, 7) is 13.9. The van der Waals surface area contributed by atoms with Crippen molar-refractivity contribution >= 4 is 30.7 Å². The van der Waals surface area contributed by atoms with E-state index in [1.165, 1.54) is 0 Å². The number of carbonyl (C=O) groups excluding carboxylic acids is 1. The highest BCUT2D eigenvalue weighted by atomic mass is 35.5. The first-order chi connectivity index (χ1) is 8.86. The molecule has 1 aliphatic heterocycles. The summed E-state index contributed by atoms with van der Waals surface area (Å²) in [6, 6.07) is -0.414. The fraction of sp³-hybridized carbons (Fsp3) is 0.929. The van der Waals surface area contributed by atoms with Gasteiger partial charge >= 0.3 is 0 Å². The van der Waals surface area contributed by atoms with E-state index in [4.69, 9.17) is 10.5 Å². The monoisotopic (exact) mass is 343 g/mol. The van der Waals surface area contributed by atoms with Crippen molar-refractivity contribution in [2.24, 2.45) is 11.1 Å². The fourth-order valence-electron chi connectivity index (χ4n) is 2.10. The van der Waals surface area contributed by atoms with Gasteiger partial charge in [0.15, 0.2) is 0 Å². The Kier molecular flexibility index (Phi) is 11.7. The number of nitrogens with two attached hydrogens (primary N) is 1. The maximum absolute atomic E-state index is 12.3. The molecule has 1 rings (SSSR count). The van der Waals surface area contributed by atoms with Crippen LogP contribution in [0.2, 0.25) is 0 Å². The normalized spacial score (nSPS) is 17.7. The number of piperazine rings is 1. The highest BCUT2D eigenvalue weighted by molar-refractivity contribution is 5.85. The van der Waals surface area contributed by atoms with Crippen LogP contribution in [0.15, 0.2) is 0 Å². The highest BCUT2D eigenvalue weighted by Gasteiger charge is 2.32. The van der Waals surface area contributed by atoms with Crippen molar-refractivity contribution in [3.63, 3.8) is 0 Å². The molecule has 0 aromatic heterocycles. The Hall–Kier alpha value is -0.0700. The number of amides is 1. The smallest absolute Gasteiger partial charge is 0.240 e. The van der Waals surface area contributed by atoms with Gasteiger partial charge in [-0.3, -0.25) is 9.69 Å². The van der Waals surface area contributed by atoms with E-state index in [9.17, 15) is 4.79 Å². The molecule has 1 atom stereocenters. The number of hydrogen-bond acceptors (Lipinski definition) is 4. The Labute approximate surface area is 141 Å². The van der Waals surface area contributed by atoms with Crippen LogP contribution in [-0.4, -0.2) is 67.7 Å². The summed E-state index contributed by atoms with van der Waals surface area (Å²) in [6.07, 6.45) is 0. The molecule has 1 aliphatic rings. The second-order valence-electron chi connectivity index (χ2n) is 6.21. The van der Waals surface area contributed by atoms with Gasteiger partial charge in [-0.15, -0.1) is 24.8 Å². The third-order valence-electron chi connectivity index (χ3n) is 3.64. The van der Waals surface area contributed by atoms with Crippen LogP contribution in [0.3, 0.4) is 0 Å². The summed E-state index contributed by atoms with van der Waals surface area (Å²) in [4.78, 5) is 16.5. The molecule has 0 unspecified atom stereocenters. The average molecular weight is 344 g/mol. The van der Waals surface area contributed by atoms with Gasteiger partial charge in [-0.05, 0) is 12.3 Å². The van der Waals surface area contributed by atoms with Crippen LogP contribution in [0.5, 0.6) is 0 Å². The largest absolute Gasteiger partial charge is 0.380 e. The van der Waals surface area contributed by atoms with E-state index in [2.05, 4.69) is 4.90 Å². The second-order valence-corrected chi connectivity index (χ2v) is 6.21. The third kappa shape index (κ3) is 7.66. The lowest BCUT2D eigenvalue weighted by Crippen LogP contribution is -2.56. The number of hydrogen-bond donors (Lipinski definition) is 1. The van der Waals surface area contributed by atoms with Gasteiger partial charge in [0.1, 0.15) is 0 Å². The molecule has 1 heterocycles. The van der Waals surface area contributed by atoms with Gasteiger partial charge in [0.05, 0.1) is 12.6 Å². The van der Waals surface area contributed by atoms with Gasteiger partial charge in [0.2, 0.25) is 5.91 Å². The predicted octanol–water partition coefficient (Wildman–Crippen LogP) is 1.38. The van der Waals surface area contributed by atoms with Crippen LogP contribution in [-0.2, 0) is 9.53 Å². The Morgan fingerprint density at radius 1 is 1.19 bits per heavy atom. The fourth-order valence-corrected chi connectivity index (χ4v) is 2.10. The van der Waals surface area contributed by atoms with Crippen molar-refractivity contribution in [2.75, 3.05) is 45.9 Å². The van der Waals surface area contributed by atoms with Crippen LogP contribution >= 0.6 is 24.8 Å². The SMILES string of the molecule is CCOCCN1CCN(C(=O)[C@@H](N)C(C)(C)C)CC1.Cl.Cl. The Morgan fingerprint density at radius 2 is 1.71 bits per heavy atom. The molecule has 128 valence electrons. The predicted molar refractivity (Wildman–Crippen MR) is 91.4 cm³/mol. The van der Waals surface area contributed by atoms with Crippen molar-refractivity contribution in [3.8, 4) is 0 Å². The molecule has 21 heavy (non-hydrogen) atoms. The molecule has 0 aromatic rings. The molecule has 0 spiro atoms. The van der Waals surface area contributed by atoms with Crippen molar-refractivity contribution in [1.29, 1.82) is 0 Å². The Morgan fingerprint density at radius 3 is 2.14 bits per heavy atom. The van der Waals surface area contributed by atoms with E-state index in [-0.39, 0.29) is 36.1 Å². The molecule has 7 heteroatoms. The van der Waals surface area contributed by atoms with Gasteiger partial charge in [0.25, 0.3) is 0 Å². The molecule has 0 radical (unpaired) electrons. The summed E-state index contributed by atoms with van der Waals surface area (Å²) in [5.74, 6) is 0.0805. The van der Waals surface area contributed by atoms with Crippen LogP contribution in [0, 0.1) is 5.41 Å².